The molecule has 1 nitrogen and oxygen atoms in total. The van der Waals surface area contributed by atoms with Crippen LogP contribution in [0.15, 0.2) is 59.0 Å². The second kappa shape index (κ2) is 3.36. The van der Waals surface area contributed by atoms with Crippen LogP contribution in [0.4, 0.5) is 0 Å². The predicted octanol–water partition coefficient (Wildman–Crippen LogP) is 5.05. The van der Waals surface area contributed by atoms with Crippen LogP contribution >= 0.6 is 0 Å². The maximum atomic E-state index is 5.92. The van der Waals surface area contributed by atoms with E-state index in [0.717, 1.165) is 11.2 Å². The van der Waals surface area contributed by atoms with Crippen LogP contribution in [-0.4, -0.2) is 0 Å². The van der Waals surface area contributed by atoms with E-state index in [1.807, 2.05) is 12.1 Å². The Morgan fingerprint density at radius 1 is 0.722 bits per heavy atom. The Balaban J connectivity index is 2.27. The molecule has 0 bridgehead atoms. The van der Waals surface area contributed by atoms with Gasteiger partial charge in [0.2, 0.25) is 0 Å². The predicted molar refractivity (Wildman–Crippen MR) is 76.0 cm³/mol. The van der Waals surface area contributed by atoms with Gasteiger partial charge in [0.1, 0.15) is 11.2 Å². The molecule has 86 valence electrons. The van der Waals surface area contributed by atoms with Gasteiger partial charge in [-0.1, -0.05) is 36.4 Å². The number of hydrogen-bond acceptors (Lipinski definition) is 1. The molecular formula is C17H12O. The van der Waals surface area contributed by atoms with Gasteiger partial charge in [-0.25, -0.2) is 0 Å². The average Bonchev–Trinajstić information content (AvgIpc) is 2.75. The lowest BCUT2D eigenvalue weighted by molar-refractivity contribution is 0.669. The molecule has 0 aliphatic carbocycles. The van der Waals surface area contributed by atoms with E-state index in [1.54, 1.807) is 0 Å². The third-order valence-corrected chi connectivity index (χ3v) is 3.60. The van der Waals surface area contributed by atoms with Crippen molar-refractivity contribution in [2.75, 3.05) is 0 Å². The lowest BCUT2D eigenvalue weighted by atomic mass is 10.0. The van der Waals surface area contributed by atoms with Crippen LogP contribution in [0.1, 0.15) is 5.56 Å². The number of fused-ring (bicyclic) bond motifs is 4. The first-order valence-electron chi connectivity index (χ1n) is 6.13. The van der Waals surface area contributed by atoms with Crippen molar-refractivity contribution < 1.29 is 4.42 Å². The number of aryl methyl sites for hydroxylation is 1. The van der Waals surface area contributed by atoms with E-state index in [1.165, 1.54) is 27.1 Å². The molecule has 0 saturated heterocycles. The Kier molecular flexibility index (Phi) is 1.81. The van der Waals surface area contributed by atoms with Crippen molar-refractivity contribution in [3.63, 3.8) is 0 Å². The Morgan fingerprint density at radius 2 is 1.61 bits per heavy atom. The van der Waals surface area contributed by atoms with Gasteiger partial charge in [-0.2, -0.15) is 0 Å². The first kappa shape index (κ1) is 9.72. The highest BCUT2D eigenvalue weighted by Gasteiger charge is 2.08. The summed E-state index contributed by atoms with van der Waals surface area (Å²) < 4.78 is 5.92. The fraction of sp³-hybridized carbons (Fsp3) is 0.0588. The lowest BCUT2D eigenvalue weighted by Gasteiger charge is -2.01. The first-order chi connectivity index (χ1) is 8.83. The summed E-state index contributed by atoms with van der Waals surface area (Å²) >= 11 is 0. The van der Waals surface area contributed by atoms with Crippen molar-refractivity contribution in [3.05, 3.63) is 60.2 Å². The summed E-state index contributed by atoms with van der Waals surface area (Å²) in [7, 11) is 0. The zero-order chi connectivity index (χ0) is 12.1. The van der Waals surface area contributed by atoms with Crippen LogP contribution in [0, 0.1) is 6.92 Å². The highest BCUT2D eigenvalue weighted by Crippen LogP contribution is 2.32. The molecule has 0 atom stereocenters. The minimum absolute atomic E-state index is 0.959. The Morgan fingerprint density at radius 3 is 2.56 bits per heavy atom. The van der Waals surface area contributed by atoms with E-state index in [9.17, 15) is 0 Å². The lowest BCUT2D eigenvalue weighted by Crippen LogP contribution is -1.77. The van der Waals surface area contributed by atoms with Crippen LogP contribution in [0.3, 0.4) is 0 Å². The van der Waals surface area contributed by atoms with Gasteiger partial charge < -0.3 is 4.42 Å². The molecule has 0 N–H and O–H groups in total. The molecule has 3 aromatic carbocycles. The minimum atomic E-state index is 0.959. The van der Waals surface area contributed by atoms with Gasteiger partial charge in [0, 0.05) is 10.8 Å². The standard InChI is InChI=1S/C17H12O/c1-11-5-4-6-12-9-15-13-7-2-3-8-16(13)18-17(15)10-14(11)12/h2-10H,1H3. The van der Waals surface area contributed by atoms with Gasteiger partial charge >= 0.3 is 0 Å². The van der Waals surface area contributed by atoms with Crippen LogP contribution in [0.25, 0.3) is 32.7 Å². The van der Waals surface area contributed by atoms with Gasteiger partial charge in [0.15, 0.2) is 0 Å². The smallest absolute Gasteiger partial charge is 0.136 e. The molecule has 0 aliphatic rings. The largest absolute Gasteiger partial charge is 0.456 e. The molecule has 4 rings (SSSR count). The van der Waals surface area contributed by atoms with E-state index in [2.05, 4.69) is 49.4 Å². The SMILES string of the molecule is Cc1cccc2cc3c(cc12)oc1ccccc13. The van der Waals surface area contributed by atoms with E-state index >= 15 is 0 Å². The molecule has 0 saturated carbocycles. The van der Waals surface area contributed by atoms with Gasteiger partial charge in [-0.3, -0.25) is 0 Å². The second-order valence-electron chi connectivity index (χ2n) is 4.74. The number of para-hydroxylation sites is 1. The van der Waals surface area contributed by atoms with E-state index in [-0.39, 0.29) is 0 Å². The molecule has 0 amide bonds. The summed E-state index contributed by atoms with van der Waals surface area (Å²) in [5.74, 6) is 0. The summed E-state index contributed by atoms with van der Waals surface area (Å²) in [5, 5.41) is 4.93. The molecule has 0 unspecified atom stereocenters. The third-order valence-electron chi connectivity index (χ3n) is 3.60. The second-order valence-corrected chi connectivity index (χ2v) is 4.74. The summed E-state index contributed by atoms with van der Waals surface area (Å²) in [6, 6.07) is 19.0. The monoisotopic (exact) mass is 232 g/mol. The molecule has 18 heavy (non-hydrogen) atoms. The van der Waals surface area contributed by atoms with Crippen LogP contribution in [0.2, 0.25) is 0 Å². The molecule has 0 fully saturated rings. The maximum absolute atomic E-state index is 5.92. The Bertz CT molecular complexity index is 884. The molecule has 0 radical (unpaired) electrons. The Labute approximate surface area is 105 Å². The van der Waals surface area contributed by atoms with Gasteiger partial charge in [-0.05, 0) is 41.5 Å². The molecule has 1 heteroatoms. The molecule has 4 aromatic rings. The maximum Gasteiger partial charge on any atom is 0.136 e. The van der Waals surface area contributed by atoms with Crippen molar-refractivity contribution >= 4 is 32.7 Å². The van der Waals surface area contributed by atoms with Gasteiger partial charge in [0.05, 0.1) is 0 Å². The van der Waals surface area contributed by atoms with E-state index in [4.69, 9.17) is 4.42 Å². The summed E-state index contributed by atoms with van der Waals surface area (Å²) in [6.07, 6.45) is 0. The topological polar surface area (TPSA) is 13.1 Å². The fourth-order valence-corrected chi connectivity index (χ4v) is 2.65. The quantitative estimate of drug-likeness (QED) is 0.413. The molecule has 1 aromatic heterocycles. The fourth-order valence-electron chi connectivity index (χ4n) is 2.65. The number of benzene rings is 3. The van der Waals surface area contributed by atoms with Gasteiger partial charge in [-0.15, -0.1) is 0 Å². The summed E-state index contributed by atoms with van der Waals surface area (Å²) in [4.78, 5) is 0. The minimum Gasteiger partial charge on any atom is -0.456 e. The molecule has 0 aliphatic heterocycles. The van der Waals surface area contributed by atoms with Crippen molar-refractivity contribution in [2.45, 2.75) is 6.92 Å². The molecule has 0 spiro atoms. The number of rotatable bonds is 0. The van der Waals surface area contributed by atoms with Crippen molar-refractivity contribution in [2.24, 2.45) is 0 Å². The van der Waals surface area contributed by atoms with Crippen LogP contribution in [-0.2, 0) is 0 Å². The summed E-state index contributed by atoms with van der Waals surface area (Å²) in [6.45, 7) is 2.14. The molecular weight excluding hydrogens is 220 g/mol. The zero-order valence-electron chi connectivity index (χ0n) is 10.1. The van der Waals surface area contributed by atoms with E-state index in [0.29, 0.717) is 0 Å². The highest BCUT2D eigenvalue weighted by atomic mass is 16.3. The first-order valence-corrected chi connectivity index (χ1v) is 6.13. The van der Waals surface area contributed by atoms with Crippen molar-refractivity contribution in [1.82, 2.24) is 0 Å². The third kappa shape index (κ3) is 1.22. The highest BCUT2D eigenvalue weighted by molar-refractivity contribution is 6.10. The zero-order valence-corrected chi connectivity index (χ0v) is 10.1. The van der Waals surface area contributed by atoms with Crippen LogP contribution in [0.5, 0.6) is 0 Å². The normalized spacial score (nSPS) is 11.6. The van der Waals surface area contributed by atoms with E-state index < -0.39 is 0 Å². The summed E-state index contributed by atoms with van der Waals surface area (Å²) in [5.41, 5.74) is 3.22. The number of hydrogen-bond donors (Lipinski definition) is 0. The van der Waals surface area contributed by atoms with Gasteiger partial charge in [0.25, 0.3) is 0 Å². The van der Waals surface area contributed by atoms with Crippen LogP contribution < -0.4 is 0 Å². The Hall–Kier alpha value is -2.28. The molecule has 1 heterocycles. The van der Waals surface area contributed by atoms with Crippen molar-refractivity contribution in [3.8, 4) is 0 Å². The average molecular weight is 232 g/mol. The number of furan rings is 1. The van der Waals surface area contributed by atoms with Crippen molar-refractivity contribution in [1.29, 1.82) is 0 Å².